The molecule has 0 amide bonds. The molecule has 1 fully saturated rings. The normalized spacial score (nSPS) is 24.4. The second-order valence-corrected chi connectivity index (χ2v) is 6.18. The lowest BCUT2D eigenvalue weighted by atomic mass is 9.77. The Balaban J connectivity index is 2.20. The van der Waals surface area contributed by atoms with Crippen LogP contribution >= 0.6 is 23.2 Å². The van der Waals surface area contributed by atoms with Crippen molar-refractivity contribution >= 4 is 23.2 Å². The zero-order chi connectivity index (χ0) is 11.8. The predicted molar refractivity (Wildman–Crippen MR) is 70.5 cm³/mol. The van der Waals surface area contributed by atoms with Crippen LogP contribution in [0.5, 0.6) is 0 Å². The van der Waals surface area contributed by atoms with Crippen molar-refractivity contribution in [2.75, 3.05) is 13.1 Å². The maximum atomic E-state index is 6.05. The molecule has 88 valence electrons. The average molecular weight is 258 g/mol. The van der Waals surface area contributed by atoms with Gasteiger partial charge < -0.3 is 5.32 Å². The molecule has 0 aliphatic carbocycles. The maximum absolute atomic E-state index is 6.05. The fraction of sp³-hybridized carbons (Fsp3) is 0.538. The molecule has 3 heteroatoms. The zero-order valence-corrected chi connectivity index (χ0v) is 11.2. The van der Waals surface area contributed by atoms with E-state index in [1.165, 1.54) is 12.0 Å². The van der Waals surface area contributed by atoms with Gasteiger partial charge in [0.05, 0.1) is 10.0 Å². The van der Waals surface area contributed by atoms with Crippen molar-refractivity contribution in [3.05, 3.63) is 33.8 Å². The van der Waals surface area contributed by atoms with Gasteiger partial charge in [0.2, 0.25) is 0 Å². The van der Waals surface area contributed by atoms with Crippen molar-refractivity contribution in [3.63, 3.8) is 0 Å². The number of piperidine rings is 1. The second-order valence-electron chi connectivity index (χ2n) is 5.37. The summed E-state index contributed by atoms with van der Waals surface area (Å²) in [6, 6.07) is 5.97. The Bertz CT molecular complexity index is 388. The summed E-state index contributed by atoms with van der Waals surface area (Å²) in [4.78, 5) is 0. The number of nitrogens with one attached hydrogen (secondary N) is 1. The van der Waals surface area contributed by atoms with E-state index in [-0.39, 0.29) is 0 Å². The molecule has 0 bridgehead atoms. The SMILES string of the molecule is CC1(C)CNCC(c2ccc(Cl)c(Cl)c2)C1. The molecule has 1 N–H and O–H groups in total. The highest BCUT2D eigenvalue weighted by atomic mass is 35.5. The lowest BCUT2D eigenvalue weighted by Gasteiger charge is -2.36. The summed E-state index contributed by atoms with van der Waals surface area (Å²) in [6.45, 7) is 6.71. The average Bonchev–Trinajstić information content (AvgIpc) is 2.20. The fourth-order valence-electron chi connectivity index (χ4n) is 2.40. The summed E-state index contributed by atoms with van der Waals surface area (Å²) in [5, 5.41) is 4.77. The Morgan fingerprint density at radius 3 is 2.62 bits per heavy atom. The minimum atomic E-state index is 0.356. The Morgan fingerprint density at radius 1 is 1.25 bits per heavy atom. The zero-order valence-electron chi connectivity index (χ0n) is 9.69. The molecule has 1 aliphatic rings. The van der Waals surface area contributed by atoms with Gasteiger partial charge in [-0.05, 0) is 35.4 Å². The molecule has 1 aliphatic heterocycles. The molecule has 0 radical (unpaired) electrons. The predicted octanol–water partition coefficient (Wildman–Crippen LogP) is 4.10. The first-order chi connectivity index (χ1) is 7.48. The van der Waals surface area contributed by atoms with Gasteiger partial charge in [0.25, 0.3) is 0 Å². The molecule has 1 saturated heterocycles. The van der Waals surface area contributed by atoms with Crippen molar-refractivity contribution in [2.45, 2.75) is 26.2 Å². The topological polar surface area (TPSA) is 12.0 Å². The van der Waals surface area contributed by atoms with E-state index < -0.39 is 0 Å². The number of rotatable bonds is 1. The number of hydrogen-bond donors (Lipinski definition) is 1. The minimum absolute atomic E-state index is 0.356. The summed E-state index contributed by atoms with van der Waals surface area (Å²) in [5.74, 6) is 0.540. The fourth-order valence-corrected chi connectivity index (χ4v) is 2.70. The molecule has 1 nitrogen and oxygen atoms in total. The summed E-state index contributed by atoms with van der Waals surface area (Å²) in [5.41, 5.74) is 1.64. The van der Waals surface area contributed by atoms with Crippen LogP contribution in [0.2, 0.25) is 10.0 Å². The lowest BCUT2D eigenvalue weighted by molar-refractivity contribution is 0.240. The van der Waals surface area contributed by atoms with Crippen LogP contribution in [0.3, 0.4) is 0 Å². The number of benzene rings is 1. The summed E-state index contributed by atoms with van der Waals surface area (Å²) < 4.78 is 0. The highest BCUT2D eigenvalue weighted by molar-refractivity contribution is 6.42. The first-order valence-corrected chi connectivity index (χ1v) is 6.39. The van der Waals surface area contributed by atoms with E-state index in [9.17, 15) is 0 Å². The molecule has 0 spiro atoms. The van der Waals surface area contributed by atoms with E-state index in [0.717, 1.165) is 13.1 Å². The van der Waals surface area contributed by atoms with Crippen LogP contribution in [0.4, 0.5) is 0 Å². The largest absolute Gasteiger partial charge is 0.316 e. The highest BCUT2D eigenvalue weighted by Gasteiger charge is 2.28. The molecule has 0 aromatic heterocycles. The maximum Gasteiger partial charge on any atom is 0.0595 e. The van der Waals surface area contributed by atoms with E-state index in [2.05, 4.69) is 25.2 Å². The van der Waals surface area contributed by atoms with Crippen molar-refractivity contribution in [3.8, 4) is 0 Å². The molecule has 2 rings (SSSR count). The third kappa shape index (κ3) is 2.71. The Kier molecular flexibility index (Phi) is 3.48. The van der Waals surface area contributed by atoms with Crippen LogP contribution in [-0.4, -0.2) is 13.1 Å². The van der Waals surface area contributed by atoms with Gasteiger partial charge in [-0.3, -0.25) is 0 Å². The molecule has 16 heavy (non-hydrogen) atoms. The van der Waals surface area contributed by atoms with Gasteiger partial charge in [0.15, 0.2) is 0 Å². The summed E-state index contributed by atoms with van der Waals surface area (Å²) >= 11 is 12.0. The van der Waals surface area contributed by atoms with Crippen LogP contribution < -0.4 is 5.32 Å². The quantitative estimate of drug-likeness (QED) is 0.799. The molecule has 0 saturated carbocycles. The summed E-state index contributed by atoms with van der Waals surface area (Å²) in [7, 11) is 0. The van der Waals surface area contributed by atoms with Crippen LogP contribution in [-0.2, 0) is 0 Å². The van der Waals surface area contributed by atoms with E-state index in [4.69, 9.17) is 23.2 Å². The first kappa shape index (κ1) is 12.2. The van der Waals surface area contributed by atoms with Gasteiger partial charge in [-0.2, -0.15) is 0 Å². The Labute approximate surface area is 107 Å². The number of halogens is 2. The van der Waals surface area contributed by atoms with Crippen LogP contribution in [0.1, 0.15) is 31.7 Å². The Morgan fingerprint density at radius 2 is 2.00 bits per heavy atom. The van der Waals surface area contributed by atoms with Crippen molar-refractivity contribution in [1.29, 1.82) is 0 Å². The van der Waals surface area contributed by atoms with Crippen molar-refractivity contribution in [2.24, 2.45) is 5.41 Å². The van der Waals surface area contributed by atoms with Crippen LogP contribution in [0, 0.1) is 5.41 Å². The van der Waals surface area contributed by atoms with Gasteiger partial charge >= 0.3 is 0 Å². The first-order valence-electron chi connectivity index (χ1n) is 5.64. The number of hydrogen-bond acceptors (Lipinski definition) is 1. The molecule has 1 aromatic rings. The Hall–Kier alpha value is -0.240. The van der Waals surface area contributed by atoms with Crippen molar-refractivity contribution in [1.82, 2.24) is 5.32 Å². The molecule has 1 atom stereocenters. The second kappa shape index (κ2) is 4.56. The minimum Gasteiger partial charge on any atom is -0.316 e. The highest BCUT2D eigenvalue weighted by Crippen LogP contribution is 2.35. The molecular weight excluding hydrogens is 241 g/mol. The van der Waals surface area contributed by atoms with Gasteiger partial charge in [-0.15, -0.1) is 0 Å². The lowest BCUT2D eigenvalue weighted by Crippen LogP contribution is -2.40. The molecule has 1 unspecified atom stereocenters. The third-order valence-corrected chi connectivity index (χ3v) is 3.95. The standard InChI is InChI=1S/C13H17Cl2N/c1-13(2)6-10(7-16-8-13)9-3-4-11(14)12(15)5-9/h3-5,10,16H,6-8H2,1-2H3. The molecule has 1 heterocycles. The molecule has 1 aromatic carbocycles. The van der Waals surface area contributed by atoms with Gasteiger partial charge in [-0.25, -0.2) is 0 Å². The van der Waals surface area contributed by atoms with E-state index in [0.29, 0.717) is 21.4 Å². The summed E-state index contributed by atoms with van der Waals surface area (Å²) in [6.07, 6.45) is 1.19. The monoisotopic (exact) mass is 257 g/mol. The van der Waals surface area contributed by atoms with Gasteiger partial charge in [-0.1, -0.05) is 43.1 Å². The van der Waals surface area contributed by atoms with Crippen LogP contribution in [0.25, 0.3) is 0 Å². The van der Waals surface area contributed by atoms with E-state index >= 15 is 0 Å². The van der Waals surface area contributed by atoms with Crippen molar-refractivity contribution < 1.29 is 0 Å². The van der Waals surface area contributed by atoms with E-state index in [1.54, 1.807) is 0 Å². The third-order valence-electron chi connectivity index (χ3n) is 3.21. The smallest absolute Gasteiger partial charge is 0.0595 e. The van der Waals surface area contributed by atoms with E-state index in [1.807, 2.05) is 12.1 Å². The van der Waals surface area contributed by atoms with Crippen LogP contribution in [0.15, 0.2) is 18.2 Å². The molecular formula is C13H17Cl2N. The van der Waals surface area contributed by atoms with Gasteiger partial charge in [0, 0.05) is 13.1 Å². The van der Waals surface area contributed by atoms with Gasteiger partial charge in [0.1, 0.15) is 0 Å².